The maximum Gasteiger partial charge on any atom is 0.407 e. The van der Waals surface area contributed by atoms with Crippen LogP contribution in [0.2, 0.25) is 0 Å². The first-order valence-corrected chi connectivity index (χ1v) is 10.6. The number of carbonyl (C=O) groups is 2. The third kappa shape index (κ3) is 10.0. The van der Waals surface area contributed by atoms with Gasteiger partial charge in [-0.05, 0) is 71.1 Å². The number of nitrogens with two attached hydrogens (primary N) is 1. The molecule has 1 aromatic rings. The molecule has 8 heteroatoms. The average molecular weight is 437 g/mol. The topological polar surface area (TPSA) is 105 Å². The summed E-state index contributed by atoms with van der Waals surface area (Å²) in [6.45, 7) is 11.5. The number of amides is 2. The first-order chi connectivity index (χ1) is 13.9. The summed E-state index contributed by atoms with van der Waals surface area (Å²) >= 11 is 4.17. The van der Waals surface area contributed by atoms with Gasteiger partial charge >= 0.3 is 6.09 Å². The maximum atomic E-state index is 12.6. The van der Waals surface area contributed by atoms with Crippen molar-refractivity contribution < 1.29 is 14.3 Å². The highest BCUT2D eigenvalue weighted by atomic mass is 32.1. The smallest absolute Gasteiger partial charge is 0.407 e. The van der Waals surface area contributed by atoms with Crippen molar-refractivity contribution in [2.45, 2.75) is 71.7 Å². The van der Waals surface area contributed by atoms with Crippen LogP contribution in [0.4, 0.5) is 10.5 Å². The molecule has 5 N–H and O–H groups in total. The lowest BCUT2D eigenvalue weighted by Crippen LogP contribution is -2.49. The number of thiol groups is 1. The molecule has 0 unspecified atom stereocenters. The predicted octanol–water partition coefficient (Wildman–Crippen LogP) is 3.54. The van der Waals surface area contributed by atoms with E-state index in [0.29, 0.717) is 18.7 Å². The number of carbonyl (C=O) groups excluding carboxylic acids is 2. The zero-order valence-corrected chi connectivity index (χ0v) is 19.7. The number of hydrogen-bond donors (Lipinski definition) is 5. The summed E-state index contributed by atoms with van der Waals surface area (Å²) in [6, 6.07) is 6.58. The minimum Gasteiger partial charge on any atom is -0.444 e. The standard InChI is InChI=1S/C22H36N4O3S/c1-14(13-30)11-19(26-21(28)29-22(4,5)6)12-24-16(3)20(27)25-15(2)17-7-9-18(23)10-8-17/h7-10,13,15-16,19,24,30H,11-12,23H2,1-6H3,(H,25,27)(H,26,28)/b14-13+/t15-,16+,19+/m1/s1. The molecule has 0 aliphatic rings. The van der Waals surface area contributed by atoms with Gasteiger partial charge in [0.1, 0.15) is 5.60 Å². The van der Waals surface area contributed by atoms with Crippen molar-refractivity contribution in [3.8, 4) is 0 Å². The minimum atomic E-state index is -0.581. The lowest BCUT2D eigenvalue weighted by molar-refractivity contribution is -0.123. The van der Waals surface area contributed by atoms with Crippen molar-refractivity contribution in [1.29, 1.82) is 0 Å². The number of ether oxygens (including phenoxy) is 1. The second-order valence-electron chi connectivity index (χ2n) is 8.55. The van der Waals surface area contributed by atoms with Gasteiger partial charge in [0.2, 0.25) is 5.91 Å². The van der Waals surface area contributed by atoms with Crippen molar-refractivity contribution in [2.75, 3.05) is 12.3 Å². The quantitative estimate of drug-likeness (QED) is 0.301. The molecule has 0 bridgehead atoms. The zero-order chi connectivity index (χ0) is 22.9. The van der Waals surface area contributed by atoms with Gasteiger partial charge in [-0.15, -0.1) is 0 Å². The van der Waals surface area contributed by atoms with Gasteiger partial charge in [-0.25, -0.2) is 4.79 Å². The van der Waals surface area contributed by atoms with E-state index < -0.39 is 17.7 Å². The van der Waals surface area contributed by atoms with Crippen LogP contribution in [0.1, 0.15) is 59.6 Å². The summed E-state index contributed by atoms with van der Waals surface area (Å²) in [7, 11) is 0. The highest BCUT2D eigenvalue weighted by molar-refractivity contribution is 7.83. The van der Waals surface area contributed by atoms with E-state index in [-0.39, 0.29) is 18.0 Å². The largest absolute Gasteiger partial charge is 0.444 e. The summed E-state index contributed by atoms with van der Waals surface area (Å²) in [5.74, 6) is -0.128. The number of nitrogen functional groups attached to an aromatic ring is 1. The Hall–Kier alpha value is -2.19. The Balaban J connectivity index is 2.63. The molecule has 30 heavy (non-hydrogen) atoms. The summed E-state index contributed by atoms with van der Waals surface area (Å²) in [6.07, 6.45) is 0.0988. The van der Waals surface area contributed by atoms with Crippen molar-refractivity contribution in [3.63, 3.8) is 0 Å². The van der Waals surface area contributed by atoms with E-state index in [2.05, 4.69) is 28.6 Å². The number of alkyl carbamates (subject to hydrolysis) is 1. The van der Waals surface area contributed by atoms with Crippen molar-refractivity contribution in [1.82, 2.24) is 16.0 Å². The van der Waals surface area contributed by atoms with Crippen molar-refractivity contribution in [2.24, 2.45) is 0 Å². The minimum absolute atomic E-state index is 0.128. The molecule has 0 aliphatic heterocycles. The monoisotopic (exact) mass is 436 g/mol. The Morgan fingerprint density at radius 2 is 1.77 bits per heavy atom. The van der Waals surface area contributed by atoms with Crippen LogP contribution in [-0.4, -0.2) is 36.2 Å². The average Bonchev–Trinajstić information content (AvgIpc) is 2.64. The van der Waals surface area contributed by atoms with E-state index >= 15 is 0 Å². The molecule has 2 amide bonds. The highest BCUT2D eigenvalue weighted by Crippen LogP contribution is 2.14. The van der Waals surface area contributed by atoms with Gasteiger partial charge in [-0.3, -0.25) is 4.79 Å². The summed E-state index contributed by atoms with van der Waals surface area (Å²) in [5.41, 5.74) is 7.80. The Bertz CT molecular complexity index is 729. The molecule has 0 aromatic heterocycles. The van der Waals surface area contributed by atoms with Crippen molar-refractivity contribution in [3.05, 3.63) is 40.8 Å². The van der Waals surface area contributed by atoms with Gasteiger partial charge in [0.25, 0.3) is 0 Å². The molecule has 0 aliphatic carbocycles. The Morgan fingerprint density at radius 1 is 1.17 bits per heavy atom. The van der Waals surface area contributed by atoms with Crippen LogP contribution in [0.5, 0.6) is 0 Å². The van der Waals surface area contributed by atoms with E-state index in [1.807, 2.05) is 58.9 Å². The summed E-state index contributed by atoms with van der Waals surface area (Å²) < 4.78 is 5.34. The second kappa shape index (κ2) is 11.9. The first kappa shape index (κ1) is 25.8. The van der Waals surface area contributed by atoms with Gasteiger partial charge in [0.15, 0.2) is 0 Å². The molecule has 0 radical (unpaired) electrons. The number of hydrogen-bond acceptors (Lipinski definition) is 6. The molecule has 1 rings (SSSR count). The van der Waals surface area contributed by atoms with Gasteiger partial charge in [-0.2, -0.15) is 12.6 Å². The van der Waals surface area contributed by atoms with Gasteiger partial charge < -0.3 is 26.4 Å². The fourth-order valence-corrected chi connectivity index (χ4v) is 2.81. The highest BCUT2D eigenvalue weighted by Gasteiger charge is 2.22. The number of nitrogens with one attached hydrogen (secondary N) is 3. The van der Waals surface area contributed by atoms with E-state index in [0.717, 1.165) is 11.1 Å². The fourth-order valence-electron chi connectivity index (χ4n) is 2.71. The Labute approximate surface area is 185 Å². The lowest BCUT2D eigenvalue weighted by Gasteiger charge is -2.25. The van der Waals surface area contributed by atoms with Crippen LogP contribution in [0.3, 0.4) is 0 Å². The first-order valence-electron chi connectivity index (χ1n) is 10.1. The van der Waals surface area contributed by atoms with E-state index in [4.69, 9.17) is 10.5 Å². The molecule has 0 spiro atoms. The van der Waals surface area contributed by atoms with E-state index in [1.54, 1.807) is 12.3 Å². The second-order valence-corrected chi connectivity index (χ2v) is 8.81. The van der Waals surface area contributed by atoms with E-state index in [1.165, 1.54) is 0 Å². The summed E-state index contributed by atoms with van der Waals surface area (Å²) in [5, 5.41) is 10.7. The maximum absolute atomic E-state index is 12.6. The van der Waals surface area contributed by atoms with Crippen LogP contribution in [-0.2, 0) is 9.53 Å². The van der Waals surface area contributed by atoms with E-state index in [9.17, 15) is 9.59 Å². The Morgan fingerprint density at radius 3 is 2.30 bits per heavy atom. The molecule has 1 aromatic carbocycles. The zero-order valence-electron chi connectivity index (χ0n) is 18.8. The third-order valence-electron chi connectivity index (χ3n) is 4.37. The normalized spacial score (nSPS) is 15.1. The van der Waals surface area contributed by atoms with Crippen LogP contribution in [0.15, 0.2) is 35.2 Å². The van der Waals surface area contributed by atoms with Crippen LogP contribution in [0.25, 0.3) is 0 Å². The van der Waals surface area contributed by atoms with Gasteiger partial charge in [0.05, 0.1) is 12.1 Å². The number of rotatable bonds is 9. The molecule has 168 valence electrons. The number of anilines is 1. The van der Waals surface area contributed by atoms with Gasteiger partial charge in [-0.1, -0.05) is 17.7 Å². The summed E-state index contributed by atoms with van der Waals surface area (Å²) in [4.78, 5) is 24.7. The molecule has 0 saturated carbocycles. The van der Waals surface area contributed by atoms with Gasteiger partial charge in [0, 0.05) is 18.3 Å². The van der Waals surface area contributed by atoms with Crippen molar-refractivity contribution >= 4 is 30.3 Å². The molecule has 0 saturated heterocycles. The van der Waals surface area contributed by atoms with Crippen LogP contribution >= 0.6 is 12.6 Å². The molecule has 0 heterocycles. The van der Waals surface area contributed by atoms with Crippen LogP contribution < -0.4 is 21.7 Å². The SMILES string of the molecule is C/C(=C\S)C[C@@H](CN[C@@H](C)C(=O)N[C@H](C)c1ccc(N)cc1)NC(=O)OC(C)(C)C. The third-order valence-corrected chi connectivity index (χ3v) is 4.81. The molecular weight excluding hydrogens is 400 g/mol. The fraction of sp³-hybridized carbons (Fsp3) is 0.545. The molecule has 7 nitrogen and oxygen atoms in total. The van der Waals surface area contributed by atoms with Crippen LogP contribution in [0, 0.1) is 0 Å². The molecule has 3 atom stereocenters. The lowest BCUT2D eigenvalue weighted by atomic mass is 10.1. The molecule has 0 fully saturated rings. The molecular formula is C22H36N4O3S. The predicted molar refractivity (Wildman–Crippen MR) is 125 cm³/mol. The number of benzene rings is 1. The Kier molecular flexibility index (Phi) is 10.2.